The predicted octanol–water partition coefficient (Wildman–Crippen LogP) is 3.30. The van der Waals surface area contributed by atoms with Crippen molar-refractivity contribution in [1.29, 1.82) is 0 Å². The van der Waals surface area contributed by atoms with Gasteiger partial charge in [0.2, 0.25) is 15.9 Å². The third-order valence-corrected chi connectivity index (χ3v) is 6.67. The number of amides is 2. The Balaban J connectivity index is 1.80. The van der Waals surface area contributed by atoms with Crippen LogP contribution in [0.25, 0.3) is 0 Å². The molecule has 1 aliphatic heterocycles. The maximum atomic E-state index is 12.4. The molecule has 148 valence electrons. The number of hydrogen-bond acceptors (Lipinski definition) is 5. The molecule has 2 amide bonds. The van der Waals surface area contributed by atoms with Crippen LogP contribution in [0.1, 0.15) is 24.2 Å². The van der Waals surface area contributed by atoms with Gasteiger partial charge in [0.1, 0.15) is 5.75 Å². The highest BCUT2D eigenvalue weighted by molar-refractivity contribution is 7.94. The average Bonchev–Trinajstić information content (AvgIpc) is 2.78. The van der Waals surface area contributed by atoms with E-state index in [0.717, 1.165) is 4.31 Å². The molecular weight excluding hydrogens is 404 g/mol. The van der Waals surface area contributed by atoms with Crippen molar-refractivity contribution in [1.82, 2.24) is 0 Å². The van der Waals surface area contributed by atoms with E-state index in [1.807, 2.05) is 0 Å². The Morgan fingerprint density at radius 3 is 2.32 bits per heavy atom. The van der Waals surface area contributed by atoms with Gasteiger partial charge in [-0.05, 0) is 56.3 Å². The first kappa shape index (κ1) is 20.2. The fraction of sp³-hybridized carbons (Fsp3) is 0.263. The fourth-order valence-electron chi connectivity index (χ4n) is 2.96. The van der Waals surface area contributed by atoms with Crippen LogP contribution in [0.4, 0.5) is 11.4 Å². The number of nitrogens with one attached hydrogen (secondary N) is 1. The number of methoxy groups -OCH3 is 1. The van der Waals surface area contributed by atoms with Crippen LogP contribution >= 0.6 is 11.6 Å². The Kier molecular flexibility index (Phi) is 5.12. The van der Waals surface area contributed by atoms with Gasteiger partial charge in [-0.3, -0.25) is 9.59 Å². The van der Waals surface area contributed by atoms with Crippen molar-refractivity contribution >= 4 is 44.8 Å². The average molecular weight is 423 g/mol. The summed E-state index contributed by atoms with van der Waals surface area (Å²) in [5, 5.41) is 3.06. The van der Waals surface area contributed by atoms with Gasteiger partial charge < -0.3 is 10.1 Å². The summed E-state index contributed by atoms with van der Waals surface area (Å²) in [7, 11) is -2.24. The lowest BCUT2D eigenvalue weighted by Gasteiger charge is -2.17. The van der Waals surface area contributed by atoms with E-state index in [4.69, 9.17) is 16.3 Å². The zero-order chi connectivity index (χ0) is 20.7. The van der Waals surface area contributed by atoms with Crippen molar-refractivity contribution in [3.05, 3.63) is 53.1 Å². The number of ether oxygens (including phenoxy) is 1. The molecule has 0 spiro atoms. The number of anilines is 2. The van der Waals surface area contributed by atoms with E-state index in [-0.39, 0.29) is 11.4 Å². The minimum atomic E-state index is -3.73. The van der Waals surface area contributed by atoms with Crippen LogP contribution in [0.15, 0.2) is 42.5 Å². The zero-order valence-electron chi connectivity index (χ0n) is 15.5. The smallest absolute Gasteiger partial charge is 0.255 e. The minimum Gasteiger partial charge on any atom is -0.495 e. The Labute approximate surface area is 168 Å². The molecule has 0 atom stereocenters. The quantitative estimate of drug-likeness (QED) is 0.815. The summed E-state index contributed by atoms with van der Waals surface area (Å²) in [5.74, 6) is -0.649. The SMILES string of the molecule is COc1ccc(NC(=O)c2ccc(N3C(=O)C(C)(C)CS3(=O)=O)cc2)cc1Cl. The van der Waals surface area contributed by atoms with Gasteiger partial charge in [-0.15, -0.1) is 0 Å². The van der Waals surface area contributed by atoms with Crippen LogP contribution < -0.4 is 14.4 Å². The summed E-state index contributed by atoms with van der Waals surface area (Å²) >= 11 is 6.05. The van der Waals surface area contributed by atoms with Gasteiger partial charge in [0, 0.05) is 11.3 Å². The fourth-order valence-corrected chi connectivity index (χ4v) is 5.32. The van der Waals surface area contributed by atoms with Crippen LogP contribution in [-0.2, 0) is 14.8 Å². The number of carbonyl (C=O) groups is 2. The number of rotatable bonds is 4. The number of hydrogen-bond donors (Lipinski definition) is 1. The van der Waals surface area contributed by atoms with Crippen molar-refractivity contribution in [2.45, 2.75) is 13.8 Å². The first-order valence-electron chi connectivity index (χ1n) is 8.37. The van der Waals surface area contributed by atoms with E-state index >= 15 is 0 Å². The number of nitrogens with zero attached hydrogens (tertiary/aromatic N) is 1. The first-order chi connectivity index (χ1) is 13.0. The molecule has 1 fully saturated rings. The summed E-state index contributed by atoms with van der Waals surface area (Å²) in [6.45, 7) is 3.18. The molecule has 28 heavy (non-hydrogen) atoms. The second-order valence-electron chi connectivity index (χ2n) is 7.06. The highest BCUT2D eigenvalue weighted by Gasteiger charge is 2.49. The van der Waals surface area contributed by atoms with Gasteiger partial charge in [-0.1, -0.05) is 11.6 Å². The van der Waals surface area contributed by atoms with E-state index in [0.29, 0.717) is 22.0 Å². The standard InChI is InChI=1S/C19H19ClN2O5S/c1-19(2)11-28(25,26)22(18(19)24)14-7-4-12(5-8-14)17(23)21-13-6-9-16(27-3)15(20)10-13/h4-10H,11H2,1-3H3,(H,21,23). The summed E-state index contributed by atoms with van der Waals surface area (Å²) in [6, 6.07) is 10.6. The molecule has 9 heteroatoms. The lowest BCUT2D eigenvalue weighted by Crippen LogP contribution is -2.32. The van der Waals surface area contributed by atoms with Crippen molar-refractivity contribution in [2.24, 2.45) is 5.41 Å². The van der Waals surface area contributed by atoms with Crippen LogP contribution in [0.2, 0.25) is 5.02 Å². The Morgan fingerprint density at radius 1 is 1.18 bits per heavy atom. The summed E-state index contributed by atoms with van der Waals surface area (Å²) in [6.07, 6.45) is 0. The van der Waals surface area contributed by atoms with E-state index in [1.54, 1.807) is 32.0 Å². The van der Waals surface area contributed by atoms with E-state index in [2.05, 4.69) is 5.32 Å². The molecular formula is C19H19ClN2O5S. The first-order valence-corrected chi connectivity index (χ1v) is 10.4. The highest BCUT2D eigenvalue weighted by atomic mass is 35.5. The molecule has 7 nitrogen and oxygen atoms in total. The second kappa shape index (κ2) is 7.10. The topological polar surface area (TPSA) is 92.8 Å². The van der Waals surface area contributed by atoms with E-state index in [9.17, 15) is 18.0 Å². The maximum Gasteiger partial charge on any atom is 0.255 e. The third kappa shape index (κ3) is 3.70. The number of sulfonamides is 1. The molecule has 3 rings (SSSR count). The summed E-state index contributed by atoms with van der Waals surface area (Å²) < 4.78 is 30.5. The second-order valence-corrected chi connectivity index (χ2v) is 9.28. The normalized spacial score (nSPS) is 17.4. The van der Waals surface area contributed by atoms with Crippen LogP contribution in [0.5, 0.6) is 5.75 Å². The molecule has 1 heterocycles. The van der Waals surface area contributed by atoms with Gasteiger partial charge in [0.25, 0.3) is 5.91 Å². The predicted molar refractivity (Wildman–Crippen MR) is 107 cm³/mol. The molecule has 1 saturated heterocycles. The molecule has 1 N–H and O–H groups in total. The Hall–Kier alpha value is -2.58. The van der Waals surface area contributed by atoms with Crippen LogP contribution in [-0.4, -0.2) is 33.1 Å². The number of halogens is 1. The maximum absolute atomic E-state index is 12.4. The van der Waals surface area contributed by atoms with Crippen molar-refractivity contribution in [2.75, 3.05) is 22.5 Å². The molecule has 0 aliphatic carbocycles. The lowest BCUT2D eigenvalue weighted by molar-refractivity contribution is -0.123. The highest BCUT2D eigenvalue weighted by Crippen LogP contribution is 2.35. The van der Waals surface area contributed by atoms with Gasteiger partial charge in [-0.2, -0.15) is 0 Å². The molecule has 2 aromatic carbocycles. The molecule has 0 saturated carbocycles. The largest absolute Gasteiger partial charge is 0.495 e. The van der Waals surface area contributed by atoms with Crippen molar-refractivity contribution < 1.29 is 22.7 Å². The lowest BCUT2D eigenvalue weighted by atomic mass is 9.95. The molecule has 0 aromatic heterocycles. The molecule has 0 radical (unpaired) electrons. The molecule has 0 bridgehead atoms. The van der Waals surface area contributed by atoms with Crippen LogP contribution in [0, 0.1) is 5.41 Å². The van der Waals surface area contributed by atoms with Gasteiger partial charge in [0.05, 0.1) is 29.0 Å². The summed E-state index contributed by atoms with van der Waals surface area (Å²) in [4.78, 5) is 24.9. The van der Waals surface area contributed by atoms with Gasteiger partial charge >= 0.3 is 0 Å². The monoisotopic (exact) mass is 422 g/mol. The molecule has 1 aliphatic rings. The van der Waals surface area contributed by atoms with E-state index < -0.39 is 27.3 Å². The van der Waals surface area contributed by atoms with Gasteiger partial charge in [-0.25, -0.2) is 12.7 Å². The van der Waals surface area contributed by atoms with Crippen molar-refractivity contribution in [3.8, 4) is 5.75 Å². The zero-order valence-corrected chi connectivity index (χ0v) is 17.1. The summed E-state index contributed by atoms with van der Waals surface area (Å²) in [5.41, 5.74) is 0.0141. The van der Waals surface area contributed by atoms with E-state index in [1.165, 1.54) is 31.4 Å². The minimum absolute atomic E-state index is 0.208. The van der Waals surface area contributed by atoms with Gasteiger partial charge in [0.15, 0.2) is 0 Å². The Bertz CT molecular complexity index is 1050. The number of benzene rings is 2. The van der Waals surface area contributed by atoms with Crippen molar-refractivity contribution in [3.63, 3.8) is 0 Å². The third-order valence-electron chi connectivity index (χ3n) is 4.36. The van der Waals surface area contributed by atoms with Crippen LogP contribution in [0.3, 0.4) is 0 Å². The Morgan fingerprint density at radius 2 is 1.82 bits per heavy atom. The molecule has 0 unspecified atom stereocenters. The molecule has 2 aromatic rings. The number of carbonyl (C=O) groups excluding carboxylic acids is 2.